The van der Waals surface area contributed by atoms with Gasteiger partial charge in [0, 0.05) is 4.90 Å². The van der Waals surface area contributed by atoms with Crippen LogP contribution >= 0.6 is 23.4 Å². The molecule has 0 spiro atoms. The summed E-state index contributed by atoms with van der Waals surface area (Å²) < 4.78 is 13.5. The number of hydrogen-bond acceptors (Lipinski definition) is 3. The zero-order chi connectivity index (χ0) is 14.5. The van der Waals surface area contributed by atoms with Gasteiger partial charge in [0.2, 0.25) is 0 Å². The molecule has 20 heavy (non-hydrogen) atoms. The minimum Gasteiger partial charge on any atom is -0.321 e. The van der Waals surface area contributed by atoms with Crippen molar-refractivity contribution < 1.29 is 9.18 Å². The van der Waals surface area contributed by atoms with Gasteiger partial charge in [-0.05, 0) is 42.1 Å². The van der Waals surface area contributed by atoms with Crippen LogP contribution in [0.3, 0.4) is 0 Å². The number of carbonyl (C=O) groups is 1. The predicted octanol–water partition coefficient (Wildman–Crippen LogP) is 4.30. The van der Waals surface area contributed by atoms with E-state index in [-0.39, 0.29) is 10.6 Å². The molecule has 2 aromatic rings. The van der Waals surface area contributed by atoms with E-state index in [2.05, 4.69) is 5.32 Å². The molecule has 0 saturated heterocycles. The van der Waals surface area contributed by atoms with Crippen molar-refractivity contribution >= 4 is 35.0 Å². The first-order valence-corrected chi connectivity index (χ1v) is 6.72. The Kier molecular flexibility index (Phi) is 4.61. The smallest absolute Gasteiger partial charge is 0.258 e. The number of hydrogen-bond donors (Lipinski definition) is 1. The van der Waals surface area contributed by atoms with Crippen molar-refractivity contribution in [1.82, 2.24) is 0 Å². The van der Waals surface area contributed by atoms with E-state index in [0.717, 1.165) is 11.8 Å². The minimum absolute atomic E-state index is 0.0564. The highest BCUT2D eigenvalue weighted by molar-refractivity contribution is 8.03. The van der Waals surface area contributed by atoms with Crippen LogP contribution < -0.4 is 5.32 Å². The number of nitriles is 1. The van der Waals surface area contributed by atoms with E-state index < -0.39 is 11.7 Å². The number of carbonyl (C=O) groups excluding carboxylic acids is 1. The van der Waals surface area contributed by atoms with Crippen LogP contribution in [0.2, 0.25) is 5.02 Å². The summed E-state index contributed by atoms with van der Waals surface area (Å²) in [4.78, 5) is 12.6. The van der Waals surface area contributed by atoms with Crippen molar-refractivity contribution in [2.75, 3.05) is 5.32 Å². The average molecular weight is 307 g/mol. The quantitative estimate of drug-likeness (QED) is 0.679. The average Bonchev–Trinajstić information content (AvgIpc) is 2.42. The van der Waals surface area contributed by atoms with Crippen LogP contribution in [0, 0.1) is 16.5 Å². The number of amides is 1. The van der Waals surface area contributed by atoms with Crippen LogP contribution in [0.4, 0.5) is 10.1 Å². The maximum Gasteiger partial charge on any atom is 0.258 e. The lowest BCUT2D eigenvalue weighted by Gasteiger charge is -2.08. The van der Waals surface area contributed by atoms with E-state index in [4.69, 9.17) is 16.9 Å². The van der Waals surface area contributed by atoms with E-state index >= 15 is 0 Å². The molecule has 2 aromatic carbocycles. The molecule has 6 heteroatoms. The molecular weight excluding hydrogens is 299 g/mol. The zero-order valence-electron chi connectivity index (χ0n) is 10.1. The molecule has 0 aliphatic carbocycles. The van der Waals surface area contributed by atoms with Gasteiger partial charge in [-0.3, -0.25) is 4.79 Å². The van der Waals surface area contributed by atoms with Gasteiger partial charge in [-0.25, -0.2) is 4.39 Å². The van der Waals surface area contributed by atoms with Crippen molar-refractivity contribution in [3.05, 3.63) is 58.9 Å². The predicted molar refractivity (Wildman–Crippen MR) is 77.3 cm³/mol. The van der Waals surface area contributed by atoms with Crippen molar-refractivity contribution in [3.63, 3.8) is 0 Å². The summed E-state index contributed by atoms with van der Waals surface area (Å²) in [5, 5.41) is 13.3. The summed E-state index contributed by atoms with van der Waals surface area (Å²) in [6.07, 6.45) is 0. The zero-order valence-corrected chi connectivity index (χ0v) is 11.6. The molecule has 1 N–H and O–H groups in total. The second-order valence-electron chi connectivity index (χ2n) is 3.77. The fourth-order valence-corrected chi connectivity index (χ4v) is 2.26. The Hall–Kier alpha value is -2.03. The van der Waals surface area contributed by atoms with E-state index in [1.165, 1.54) is 18.2 Å². The maximum absolute atomic E-state index is 13.5. The van der Waals surface area contributed by atoms with Crippen LogP contribution in [0.15, 0.2) is 47.4 Å². The third kappa shape index (κ3) is 3.29. The van der Waals surface area contributed by atoms with Gasteiger partial charge in [0.1, 0.15) is 11.2 Å². The fourth-order valence-electron chi connectivity index (χ4n) is 1.55. The third-order valence-corrected chi connectivity index (χ3v) is 3.36. The van der Waals surface area contributed by atoms with Crippen LogP contribution in [0.5, 0.6) is 0 Å². The van der Waals surface area contributed by atoms with Gasteiger partial charge in [0.25, 0.3) is 5.91 Å². The number of anilines is 1. The Morgan fingerprint density at radius 2 is 2.05 bits per heavy atom. The number of thiocyanates is 1. The molecular formula is C14H8ClFN2OS. The Morgan fingerprint density at radius 3 is 2.70 bits per heavy atom. The number of benzene rings is 2. The van der Waals surface area contributed by atoms with E-state index in [1.807, 2.05) is 5.40 Å². The molecule has 0 radical (unpaired) electrons. The lowest BCUT2D eigenvalue weighted by atomic mass is 10.2. The van der Waals surface area contributed by atoms with Crippen LogP contribution in [0.25, 0.3) is 0 Å². The highest BCUT2D eigenvalue weighted by atomic mass is 35.5. The van der Waals surface area contributed by atoms with Gasteiger partial charge in [-0.1, -0.05) is 23.7 Å². The standard InChI is InChI=1S/C14H8ClFN2OS/c15-11-7-9(20-8-17)5-6-13(11)18-14(19)10-3-1-2-4-12(10)16/h1-7H,(H,18,19). The Morgan fingerprint density at radius 1 is 1.30 bits per heavy atom. The Labute approximate surface area is 124 Å². The fraction of sp³-hybridized carbons (Fsp3) is 0. The lowest BCUT2D eigenvalue weighted by molar-refractivity contribution is 0.102. The Balaban J connectivity index is 2.21. The molecule has 0 aromatic heterocycles. The van der Waals surface area contributed by atoms with Gasteiger partial charge >= 0.3 is 0 Å². The molecule has 0 unspecified atom stereocenters. The molecule has 0 atom stereocenters. The molecule has 1 amide bonds. The molecule has 100 valence electrons. The summed E-state index contributed by atoms with van der Waals surface area (Å²) in [6.45, 7) is 0. The normalized spacial score (nSPS) is 9.85. The van der Waals surface area contributed by atoms with Crippen molar-refractivity contribution in [2.24, 2.45) is 0 Å². The van der Waals surface area contributed by atoms with Crippen molar-refractivity contribution in [3.8, 4) is 5.40 Å². The molecule has 3 nitrogen and oxygen atoms in total. The summed E-state index contributed by atoms with van der Waals surface area (Å²) >= 11 is 6.97. The van der Waals surface area contributed by atoms with Crippen LogP contribution in [0.1, 0.15) is 10.4 Å². The molecule has 0 fully saturated rings. The molecule has 2 rings (SSSR count). The first-order chi connectivity index (χ1) is 9.61. The van der Waals surface area contributed by atoms with Gasteiger partial charge in [-0.15, -0.1) is 0 Å². The van der Waals surface area contributed by atoms with Crippen LogP contribution in [-0.4, -0.2) is 5.91 Å². The topological polar surface area (TPSA) is 52.9 Å². The highest BCUT2D eigenvalue weighted by Gasteiger charge is 2.12. The maximum atomic E-state index is 13.5. The van der Waals surface area contributed by atoms with Gasteiger partial charge < -0.3 is 5.32 Å². The third-order valence-electron chi connectivity index (χ3n) is 2.47. The van der Waals surface area contributed by atoms with Gasteiger partial charge in [0.15, 0.2) is 0 Å². The number of nitrogens with one attached hydrogen (secondary N) is 1. The summed E-state index contributed by atoms with van der Waals surface area (Å²) in [6, 6.07) is 10.5. The second kappa shape index (κ2) is 6.42. The molecule has 0 aliphatic rings. The summed E-state index contributed by atoms with van der Waals surface area (Å²) in [7, 11) is 0. The van der Waals surface area contributed by atoms with Crippen molar-refractivity contribution in [2.45, 2.75) is 4.90 Å². The number of thioether (sulfide) groups is 1. The highest BCUT2D eigenvalue weighted by Crippen LogP contribution is 2.28. The van der Waals surface area contributed by atoms with Crippen LogP contribution in [-0.2, 0) is 0 Å². The van der Waals surface area contributed by atoms with E-state index in [0.29, 0.717) is 10.6 Å². The largest absolute Gasteiger partial charge is 0.321 e. The van der Waals surface area contributed by atoms with Gasteiger partial charge in [0.05, 0.1) is 16.3 Å². The van der Waals surface area contributed by atoms with E-state index in [1.54, 1.807) is 24.3 Å². The Bertz CT molecular complexity index is 700. The minimum atomic E-state index is -0.599. The van der Waals surface area contributed by atoms with E-state index in [9.17, 15) is 9.18 Å². The summed E-state index contributed by atoms with van der Waals surface area (Å²) in [5.74, 6) is -1.18. The number of rotatable bonds is 3. The first kappa shape index (κ1) is 14.4. The number of nitrogens with zero attached hydrogens (tertiary/aromatic N) is 1. The monoisotopic (exact) mass is 306 g/mol. The first-order valence-electron chi connectivity index (χ1n) is 5.53. The molecule has 0 aliphatic heterocycles. The lowest BCUT2D eigenvalue weighted by Crippen LogP contribution is -2.13. The second-order valence-corrected chi connectivity index (χ2v) is 5.03. The SMILES string of the molecule is N#CSc1ccc(NC(=O)c2ccccc2F)c(Cl)c1. The molecule has 0 bridgehead atoms. The molecule has 0 saturated carbocycles. The summed E-state index contributed by atoms with van der Waals surface area (Å²) in [5.41, 5.74) is 0.307. The van der Waals surface area contributed by atoms with Crippen molar-refractivity contribution in [1.29, 1.82) is 5.26 Å². The number of halogens is 2. The van der Waals surface area contributed by atoms with Gasteiger partial charge in [-0.2, -0.15) is 5.26 Å². The molecule has 0 heterocycles.